The Morgan fingerprint density at radius 1 is 1.42 bits per heavy atom. The zero-order chi connectivity index (χ0) is 13.9. The lowest BCUT2D eigenvalue weighted by atomic mass is 10.4. The molecule has 1 aliphatic rings. The molecule has 19 heavy (non-hydrogen) atoms. The van der Waals surface area contributed by atoms with Gasteiger partial charge in [0.25, 0.3) is 0 Å². The van der Waals surface area contributed by atoms with Gasteiger partial charge in [0.2, 0.25) is 10.0 Å². The molecule has 0 amide bonds. The summed E-state index contributed by atoms with van der Waals surface area (Å²) in [5.74, 6) is 1.73. The number of halogens is 1. The third-order valence-electron chi connectivity index (χ3n) is 2.70. The smallest absolute Gasteiger partial charge is 0.213 e. The molecule has 0 bridgehead atoms. The van der Waals surface area contributed by atoms with Gasteiger partial charge in [0.05, 0.1) is 5.75 Å². The predicted octanol–water partition coefficient (Wildman–Crippen LogP) is 1.36. The normalized spacial score (nSPS) is 15.5. The highest BCUT2D eigenvalue weighted by atomic mass is 35.5. The minimum atomic E-state index is -3.21. The first kappa shape index (κ1) is 14.5. The number of nitrogens with one attached hydrogen (secondary N) is 2. The second kappa shape index (κ2) is 6.02. The Hall–Kier alpha value is -0.920. The van der Waals surface area contributed by atoms with E-state index in [9.17, 15) is 8.42 Å². The number of rotatable bonds is 7. The maximum Gasteiger partial charge on any atom is 0.213 e. The van der Waals surface area contributed by atoms with E-state index in [0.717, 1.165) is 18.7 Å². The van der Waals surface area contributed by atoms with Crippen LogP contribution >= 0.6 is 11.6 Å². The van der Waals surface area contributed by atoms with Gasteiger partial charge in [-0.15, -0.1) is 0 Å². The Bertz CT molecular complexity index is 546. The average Bonchev–Trinajstić information content (AvgIpc) is 3.11. The quantitative estimate of drug-likeness (QED) is 0.743. The molecule has 8 heteroatoms. The molecule has 0 aromatic carbocycles. The highest BCUT2D eigenvalue weighted by Crippen LogP contribution is 2.38. The Balaban J connectivity index is 1.92. The summed E-state index contributed by atoms with van der Waals surface area (Å²) in [6, 6.07) is 1.60. The fraction of sp³-hybridized carbons (Fsp3) is 0.636. The molecule has 1 aromatic heterocycles. The highest BCUT2D eigenvalue weighted by molar-refractivity contribution is 7.89. The summed E-state index contributed by atoms with van der Waals surface area (Å²) in [6.45, 7) is 2.43. The molecule has 1 fully saturated rings. The van der Waals surface area contributed by atoms with E-state index in [-0.39, 0.29) is 12.3 Å². The van der Waals surface area contributed by atoms with E-state index in [1.165, 1.54) is 0 Å². The summed E-state index contributed by atoms with van der Waals surface area (Å²) in [4.78, 5) is 8.51. The van der Waals surface area contributed by atoms with Crippen LogP contribution in [0.3, 0.4) is 0 Å². The van der Waals surface area contributed by atoms with Crippen molar-refractivity contribution in [2.24, 2.45) is 0 Å². The molecular weight excluding hydrogens is 288 g/mol. The second-order valence-corrected chi connectivity index (χ2v) is 6.77. The van der Waals surface area contributed by atoms with Crippen LogP contribution in [0, 0.1) is 0 Å². The number of aromatic nitrogens is 2. The van der Waals surface area contributed by atoms with Crippen LogP contribution in [0.25, 0.3) is 0 Å². The molecule has 2 N–H and O–H groups in total. The molecule has 0 spiro atoms. The van der Waals surface area contributed by atoms with Crippen LogP contribution in [-0.4, -0.2) is 37.2 Å². The third kappa shape index (κ3) is 4.59. The van der Waals surface area contributed by atoms with Gasteiger partial charge in [-0.1, -0.05) is 18.5 Å². The van der Waals surface area contributed by atoms with Crippen LogP contribution in [0.1, 0.15) is 31.5 Å². The van der Waals surface area contributed by atoms with Crippen LogP contribution in [0.5, 0.6) is 0 Å². The largest absolute Gasteiger partial charge is 0.369 e. The zero-order valence-corrected chi connectivity index (χ0v) is 12.3. The zero-order valence-electron chi connectivity index (χ0n) is 10.7. The minimum Gasteiger partial charge on any atom is -0.369 e. The topological polar surface area (TPSA) is 84.0 Å². The molecule has 1 aromatic rings. The van der Waals surface area contributed by atoms with Gasteiger partial charge in [-0.2, -0.15) is 0 Å². The van der Waals surface area contributed by atoms with Crippen molar-refractivity contribution < 1.29 is 8.42 Å². The Morgan fingerprint density at radius 2 is 2.16 bits per heavy atom. The van der Waals surface area contributed by atoms with Crippen molar-refractivity contribution in [3.63, 3.8) is 0 Å². The van der Waals surface area contributed by atoms with E-state index >= 15 is 0 Å². The van der Waals surface area contributed by atoms with Gasteiger partial charge in [0, 0.05) is 25.1 Å². The highest BCUT2D eigenvalue weighted by Gasteiger charge is 2.27. The standard InChI is InChI=1S/C11H17ClN4O2S/c1-2-14-19(17,18)6-5-13-10-7-9(12)15-11(16-10)8-3-4-8/h7-8,14H,2-6H2,1H3,(H,13,15,16). The van der Waals surface area contributed by atoms with Crippen molar-refractivity contribution in [1.29, 1.82) is 0 Å². The van der Waals surface area contributed by atoms with Gasteiger partial charge < -0.3 is 5.32 Å². The van der Waals surface area contributed by atoms with Crippen molar-refractivity contribution >= 4 is 27.4 Å². The summed E-state index contributed by atoms with van der Waals surface area (Å²) < 4.78 is 25.4. The summed E-state index contributed by atoms with van der Waals surface area (Å²) in [7, 11) is -3.21. The van der Waals surface area contributed by atoms with E-state index in [1.54, 1.807) is 13.0 Å². The first-order valence-electron chi connectivity index (χ1n) is 6.26. The Labute approximate surface area is 118 Å². The molecule has 0 saturated heterocycles. The lowest BCUT2D eigenvalue weighted by Gasteiger charge is -2.08. The number of hydrogen-bond acceptors (Lipinski definition) is 5. The fourth-order valence-electron chi connectivity index (χ4n) is 1.66. The maximum atomic E-state index is 11.5. The lowest BCUT2D eigenvalue weighted by Crippen LogP contribution is -2.29. The first-order chi connectivity index (χ1) is 9.00. The third-order valence-corrected chi connectivity index (χ3v) is 4.36. The van der Waals surface area contributed by atoms with Gasteiger partial charge in [-0.25, -0.2) is 23.1 Å². The van der Waals surface area contributed by atoms with Crippen molar-refractivity contribution in [2.75, 3.05) is 24.2 Å². The lowest BCUT2D eigenvalue weighted by molar-refractivity contribution is 0.584. The van der Waals surface area contributed by atoms with Gasteiger partial charge in [0.1, 0.15) is 16.8 Å². The number of nitrogens with zero attached hydrogens (tertiary/aromatic N) is 2. The Morgan fingerprint density at radius 3 is 2.79 bits per heavy atom. The predicted molar refractivity (Wildman–Crippen MR) is 75.0 cm³/mol. The van der Waals surface area contributed by atoms with Gasteiger partial charge in [0.15, 0.2) is 0 Å². The van der Waals surface area contributed by atoms with Crippen LogP contribution in [0.4, 0.5) is 5.82 Å². The molecule has 1 heterocycles. The summed E-state index contributed by atoms with van der Waals surface area (Å²) >= 11 is 5.92. The molecule has 2 rings (SSSR count). The van der Waals surface area contributed by atoms with Crippen molar-refractivity contribution in [1.82, 2.24) is 14.7 Å². The molecule has 1 saturated carbocycles. The minimum absolute atomic E-state index is 0.00121. The van der Waals surface area contributed by atoms with Crippen LogP contribution < -0.4 is 10.0 Å². The van der Waals surface area contributed by atoms with Crippen molar-refractivity contribution in [3.8, 4) is 0 Å². The second-order valence-electron chi connectivity index (χ2n) is 4.45. The van der Waals surface area contributed by atoms with Crippen LogP contribution in [0.2, 0.25) is 5.15 Å². The number of sulfonamides is 1. The molecular formula is C11H17ClN4O2S. The molecule has 0 aliphatic heterocycles. The van der Waals surface area contributed by atoms with Gasteiger partial charge in [-0.3, -0.25) is 0 Å². The van der Waals surface area contributed by atoms with Gasteiger partial charge >= 0.3 is 0 Å². The molecule has 6 nitrogen and oxygen atoms in total. The molecule has 0 radical (unpaired) electrons. The average molecular weight is 305 g/mol. The maximum absolute atomic E-state index is 11.5. The van der Waals surface area contributed by atoms with E-state index < -0.39 is 10.0 Å². The molecule has 106 valence electrons. The first-order valence-corrected chi connectivity index (χ1v) is 8.29. The molecule has 1 aliphatic carbocycles. The summed E-state index contributed by atoms with van der Waals surface area (Å²) in [5, 5.41) is 3.35. The number of hydrogen-bond donors (Lipinski definition) is 2. The summed E-state index contributed by atoms with van der Waals surface area (Å²) in [6.07, 6.45) is 2.18. The van der Waals surface area contributed by atoms with Crippen molar-refractivity contribution in [2.45, 2.75) is 25.7 Å². The van der Waals surface area contributed by atoms with E-state index in [2.05, 4.69) is 20.0 Å². The fourth-order valence-corrected chi connectivity index (χ4v) is 2.80. The SMILES string of the molecule is CCNS(=O)(=O)CCNc1cc(Cl)nc(C2CC2)n1. The van der Waals surface area contributed by atoms with Gasteiger partial charge in [-0.05, 0) is 12.8 Å². The van der Waals surface area contributed by atoms with E-state index in [4.69, 9.17) is 11.6 Å². The summed E-state index contributed by atoms with van der Waals surface area (Å²) in [5.41, 5.74) is 0. The molecule has 0 atom stereocenters. The number of anilines is 1. The van der Waals surface area contributed by atoms with E-state index in [0.29, 0.717) is 23.4 Å². The van der Waals surface area contributed by atoms with E-state index in [1.807, 2.05) is 0 Å². The van der Waals surface area contributed by atoms with Crippen molar-refractivity contribution in [3.05, 3.63) is 17.0 Å². The Kier molecular flexibility index (Phi) is 4.59. The molecule has 0 unspecified atom stereocenters. The van der Waals surface area contributed by atoms with Crippen LogP contribution in [0.15, 0.2) is 6.07 Å². The van der Waals surface area contributed by atoms with Crippen LogP contribution in [-0.2, 0) is 10.0 Å². The monoisotopic (exact) mass is 304 g/mol.